The molecule has 1 rings (SSSR count). The van der Waals surface area contributed by atoms with Gasteiger partial charge >= 0.3 is 0 Å². The number of hydrogen-bond donors (Lipinski definition) is 1. The Kier molecular flexibility index (Phi) is 6.22. The zero-order chi connectivity index (χ0) is 11.1. The third-order valence-corrected chi connectivity index (χ3v) is 3.05. The number of rotatable bonds is 7. The van der Waals surface area contributed by atoms with Gasteiger partial charge in [-0.05, 0) is 31.7 Å². The highest BCUT2D eigenvalue weighted by Gasteiger charge is 2.17. The Labute approximate surface area is 93.5 Å². The van der Waals surface area contributed by atoms with Gasteiger partial charge in [0.2, 0.25) is 0 Å². The van der Waals surface area contributed by atoms with Crippen molar-refractivity contribution < 1.29 is 9.47 Å². The van der Waals surface area contributed by atoms with Gasteiger partial charge in [0.25, 0.3) is 0 Å². The van der Waals surface area contributed by atoms with Crippen molar-refractivity contribution in [1.29, 1.82) is 0 Å². The van der Waals surface area contributed by atoms with Gasteiger partial charge in [0.05, 0.1) is 12.7 Å². The van der Waals surface area contributed by atoms with Gasteiger partial charge < -0.3 is 14.8 Å². The summed E-state index contributed by atoms with van der Waals surface area (Å²) in [5.41, 5.74) is 0. The number of ether oxygens (including phenoxy) is 2. The maximum atomic E-state index is 5.58. The summed E-state index contributed by atoms with van der Waals surface area (Å²) in [5, 5.41) is 3.54. The van der Waals surface area contributed by atoms with E-state index in [4.69, 9.17) is 9.47 Å². The van der Waals surface area contributed by atoms with E-state index >= 15 is 0 Å². The molecular formula is C12H25NO2. The van der Waals surface area contributed by atoms with Crippen LogP contribution in [0, 0.1) is 5.92 Å². The normalized spacial score (nSPS) is 23.6. The minimum atomic E-state index is 0.469. The molecule has 15 heavy (non-hydrogen) atoms. The first kappa shape index (κ1) is 12.9. The van der Waals surface area contributed by atoms with E-state index in [1.165, 1.54) is 12.8 Å². The van der Waals surface area contributed by atoms with Gasteiger partial charge in [0, 0.05) is 19.8 Å². The molecule has 0 radical (unpaired) electrons. The van der Waals surface area contributed by atoms with E-state index < -0.39 is 0 Å². The van der Waals surface area contributed by atoms with Crippen molar-refractivity contribution in [3.05, 3.63) is 0 Å². The molecule has 1 N–H and O–H groups in total. The maximum Gasteiger partial charge on any atom is 0.0618 e. The van der Waals surface area contributed by atoms with Crippen LogP contribution in [0.4, 0.5) is 0 Å². The molecule has 1 fully saturated rings. The summed E-state index contributed by atoms with van der Waals surface area (Å²) in [7, 11) is 1.76. The molecule has 0 saturated carbocycles. The molecule has 0 amide bonds. The van der Waals surface area contributed by atoms with Crippen molar-refractivity contribution in [2.24, 2.45) is 5.92 Å². The van der Waals surface area contributed by atoms with E-state index in [0.717, 1.165) is 26.2 Å². The molecular weight excluding hydrogens is 190 g/mol. The van der Waals surface area contributed by atoms with E-state index in [2.05, 4.69) is 19.2 Å². The first-order chi connectivity index (χ1) is 7.24. The van der Waals surface area contributed by atoms with E-state index in [1.807, 2.05) is 0 Å². The van der Waals surface area contributed by atoms with Crippen LogP contribution in [0.3, 0.4) is 0 Å². The minimum absolute atomic E-state index is 0.469. The molecule has 0 aromatic heterocycles. The lowest BCUT2D eigenvalue weighted by Crippen LogP contribution is -2.39. The molecule has 1 saturated heterocycles. The lowest BCUT2D eigenvalue weighted by Gasteiger charge is -2.22. The molecule has 0 aliphatic carbocycles. The Hall–Kier alpha value is -0.120. The van der Waals surface area contributed by atoms with E-state index in [1.54, 1.807) is 7.11 Å². The van der Waals surface area contributed by atoms with Crippen LogP contribution >= 0.6 is 0 Å². The number of nitrogens with one attached hydrogen (secondary N) is 1. The fraction of sp³-hybridized carbons (Fsp3) is 1.00. The lowest BCUT2D eigenvalue weighted by molar-refractivity contribution is 0.0988. The molecule has 0 aromatic carbocycles. The summed E-state index contributed by atoms with van der Waals surface area (Å²) >= 11 is 0. The van der Waals surface area contributed by atoms with Crippen LogP contribution in [-0.2, 0) is 9.47 Å². The SMILES string of the molecule is COCC(NCCC1CCCO1)C(C)C. The largest absolute Gasteiger partial charge is 0.383 e. The van der Waals surface area contributed by atoms with Crippen molar-refractivity contribution in [3.63, 3.8) is 0 Å². The molecule has 0 spiro atoms. The van der Waals surface area contributed by atoms with Crippen LogP contribution in [-0.4, -0.2) is 39.0 Å². The number of hydrogen-bond acceptors (Lipinski definition) is 3. The average molecular weight is 215 g/mol. The zero-order valence-electron chi connectivity index (χ0n) is 10.3. The Morgan fingerprint density at radius 3 is 2.80 bits per heavy atom. The van der Waals surface area contributed by atoms with Crippen molar-refractivity contribution in [3.8, 4) is 0 Å². The molecule has 1 aliphatic rings. The Balaban J connectivity index is 2.09. The highest BCUT2D eigenvalue weighted by molar-refractivity contribution is 4.72. The highest BCUT2D eigenvalue weighted by Crippen LogP contribution is 2.14. The second-order valence-corrected chi connectivity index (χ2v) is 4.68. The van der Waals surface area contributed by atoms with Crippen molar-refractivity contribution in [2.75, 3.05) is 26.9 Å². The van der Waals surface area contributed by atoms with Crippen LogP contribution in [0.25, 0.3) is 0 Å². The van der Waals surface area contributed by atoms with E-state index in [0.29, 0.717) is 18.1 Å². The molecule has 1 heterocycles. The predicted octanol–water partition coefficient (Wildman–Crippen LogP) is 1.82. The van der Waals surface area contributed by atoms with Gasteiger partial charge in [-0.15, -0.1) is 0 Å². The minimum Gasteiger partial charge on any atom is -0.383 e. The summed E-state index contributed by atoms with van der Waals surface area (Å²) in [6.07, 6.45) is 4.09. The summed E-state index contributed by atoms with van der Waals surface area (Å²) < 4.78 is 10.8. The fourth-order valence-corrected chi connectivity index (χ4v) is 1.97. The highest BCUT2D eigenvalue weighted by atomic mass is 16.5. The van der Waals surface area contributed by atoms with Crippen LogP contribution in [0.15, 0.2) is 0 Å². The van der Waals surface area contributed by atoms with Gasteiger partial charge in [-0.3, -0.25) is 0 Å². The van der Waals surface area contributed by atoms with Crippen LogP contribution in [0.5, 0.6) is 0 Å². The van der Waals surface area contributed by atoms with Crippen LogP contribution in [0.2, 0.25) is 0 Å². The lowest BCUT2D eigenvalue weighted by atomic mass is 10.1. The van der Waals surface area contributed by atoms with Crippen LogP contribution in [0.1, 0.15) is 33.1 Å². The van der Waals surface area contributed by atoms with Crippen LogP contribution < -0.4 is 5.32 Å². The second-order valence-electron chi connectivity index (χ2n) is 4.68. The molecule has 3 heteroatoms. The Morgan fingerprint density at radius 2 is 2.27 bits per heavy atom. The topological polar surface area (TPSA) is 30.5 Å². The molecule has 3 nitrogen and oxygen atoms in total. The quantitative estimate of drug-likeness (QED) is 0.702. The molecule has 2 unspecified atom stereocenters. The average Bonchev–Trinajstić information content (AvgIpc) is 2.69. The van der Waals surface area contributed by atoms with Crippen molar-refractivity contribution in [1.82, 2.24) is 5.32 Å². The first-order valence-corrected chi connectivity index (χ1v) is 6.08. The predicted molar refractivity (Wildman–Crippen MR) is 62.1 cm³/mol. The Bertz CT molecular complexity index is 156. The Morgan fingerprint density at radius 1 is 1.47 bits per heavy atom. The third-order valence-electron chi connectivity index (χ3n) is 3.05. The van der Waals surface area contributed by atoms with Gasteiger partial charge in [0.1, 0.15) is 0 Å². The van der Waals surface area contributed by atoms with Gasteiger partial charge in [0.15, 0.2) is 0 Å². The summed E-state index contributed by atoms with van der Waals surface area (Å²) in [5.74, 6) is 0.620. The maximum absolute atomic E-state index is 5.58. The van der Waals surface area contributed by atoms with Gasteiger partial charge in [-0.1, -0.05) is 13.8 Å². The zero-order valence-corrected chi connectivity index (χ0v) is 10.3. The fourth-order valence-electron chi connectivity index (χ4n) is 1.97. The monoisotopic (exact) mass is 215 g/mol. The molecule has 90 valence electrons. The smallest absolute Gasteiger partial charge is 0.0618 e. The summed E-state index contributed by atoms with van der Waals surface area (Å²) in [4.78, 5) is 0. The molecule has 0 bridgehead atoms. The summed E-state index contributed by atoms with van der Waals surface area (Å²) in [6, 6.07) is 0.469. The van der Waals surface area contributed by atoms with Crippen molar-refractivity contribution in [2.45, 2.75) is 45.3 Å². The van der Waals surface area contributed by atoms with E-state index in [-0.39, 0.29) is 0 Å². The summed E-state index contributed by atoms with van der Waals surface area (Å²) in [6.45, 7) is 7.24. The molecule has 1 aliphatic heterocycles. The first-order valence-electron chi connectivity index (χ1n) is 6.08. The van der Waals surface area contributed by atoms with Crippen molar-refractivity contribution >= 4 is 0 Å². The third kappa shape index (κ3) is 4.96. The molecule has 2 atom stereocenters. The van der Waals surface area contributed by atoms with Gasteiger partial charge in [-0.25, -0.2) is 0 Å². The standard InChI is InChI=1S/C12H25NO2/c1-10(2)12(9-14-3)13-7-6-11-5-4-8-15-11/h10-13H,4-9H2,1-3H3. The van der Waals surface area contributed by atoms with E-state index in [9.17, 15) is 0 Å². The second kappa shape index (κ2) is 7.20. The number of methoxy groups -OCH3 is 1. The molecule has 0 aromatic rings. The van der Waals surface area contributed by atoms with Gasteiger partial charge in [-0.2, -0.15) is 0 Å².